The summed E-state index contributed by atoms with van der Waals surface area (Å²) in [6, 6.07) is -0.103. The molecule has 2 N–H and O–H groups in total. The summed E-state index contributed by atoms with van der Waals surface area (Å²) in [7, 11) is 0. The molecule has 2 aliphatic rings. The second kappa shape index (κ2) is 4.55. The molecule has 0 radical (unpaired) electrons. The van der Waals surface area contributed by atoms with Crippen LogP contribution in [0.5, 0.6) is 0 Å². The van der Waals surface area contributed by atoms with Crippen LogP contribution < -0.4 is 5.32 Å². The van der Waals surface area contributed by atoms with E-state index in [9.17, 15) is 9.59 Å². The third-order valence-electron chi connectivity index (χ3n) is 4.15. The predicted octanol–water partition coefficient (Wildman–Crippen LogP) is 1.29. The fourth-order valence-corrected chi connectivity index (χ4v) is 2.35. The molecule has 0 bridgehead atoms. The first kappa shape index (κ1) is 12.2. The lowest BCUT2D eigenvalue weighted by Crippen LogP contribution is -2.41. The monoisotopic (exact) mass is 240 g/mol. The number of carbonyl (C=O) groups excluding carboxylic acids is 1. The molecule has 5 nitrogen and oxygen atoms in total. The Morgan fingerprint density at radius 1 is 1.47 bits per heavy atom. The normalized spacial score (nSPS) is 25.7. The van der Waals surface area contributed by atoms with Crippen LogP contribution in [-0.2, 0) is 4.79 Å². The van der Waals surface area contributed by atoms with E-state index < -0.39 is 5.97 Å². The van der Waals surface area contributed by atoms with E-state index in [1.54, 1.807) is 4.90 Å². The van der Waals surface area contributed by atoms with E-state index in [-0.39, 0.29) is 11.9 Å². The average molecular weight is 240 g/mol. The Morgan fingerprint density at radius 3 is 2.65 bits per heavy atom. The van der Waals surface area contributed by atoms with Gasteiger partial charge in [-0.3, -0.25) is 4.79 Å². The van der Waals surface area contributed by atoms with Crippen molar-refractivity contribution in [2.45, 2.75) is 32.6 Å². The summed E-state index contributed by atoms with van der Waals surface area (Å²) in [5, 5.41) is 11.8. The molecule has 5 heteroatoms. The second-order valence-corrected chi connectivity index (χ2v) is 5.28. The molecule has 2 fully saturated rings. The van der Waals surface area contributed by atoms with Gasteiger partial charge in [0.15, 0.2) is 0 Å². The minimum absolute atomic E-state index is 0.103. The van der Waals surface area contributed by atoms with E-state index in [0.717, 1.165) is 13.0 Å². The molecule has 1 aliphatic heterocycles. The summed E-state index contributed by atoms with van der Waals surface area (Å²) in [6.45, 7) is 3.79. The van der Waals surface area contributed by atoms with Crippen LogP contribution >= 0.6 is 0 Å². The maximum Gasteiger partial charge on any atom is 0.317 e. The van der Waals surface area contributed by atoms with Crippen LogP contribution in [0.3, 0.4) is 0 Å². The number of carboxylic acid groups (broad SMARTS) is 1. The molecule has 1 aliphatic carbocycles. The van der Waals surface area contributed by atoms with Gasteiger partial charge in [-0.05, 0) is 31.1 Å². The topological polar surface area (TPSA) is 69.6 Å². The number of nitrogens with zero attached hydrogens (tertiary/aromatic N) is 1. The van der Waals surface area contributed by atoms with Crippen LogP contribution in [0.25, 0.3) is 0 Å². The maximum absolute atomic E-state index is 11.8. The Bertz CT molecular complexity index is 326. The van der Waals surface area contributed by atoms with Crippen molar-refractivity contribution < 1.29 is 14.7 Å². The first-order chi connectivity index (χ1) is 8.06. The Labute approximate surface area is 101 Å². The Balaban J connectivity index is 1.76. The zero-order valence-electron chi connectivity index (χ0n) is 10.2. The number of amides is 2. The van der Waals surface area contributed by atoms with Gasteiger partial charge in [-0.15, -0.1) is 0 Å². The van der Waals surface area contributed by atoms with Crippen molar-refractivity contribution in [1.82, 2.24) is 10.2 Å². The Morgan fingerprint density at radius 2 is 2.18 bits per heavy atom. The predicted molar refractivity (Wildman–Crippen MR) is 62.7 cm³/mol. The molecule has 1 unspecified atom stereocenters. The van der Waals surface area contributed by atoms with Crippen molar-refractivity contribution >= 4 is 12.0 Å². The summed E-state index contributed by atoms with van der Waals surface area (Å²) in [5.41, 5.74) is 0.335. The fourth-order valence-electron chi connectivity index (χ4n) is 2.35. The molecule has 0 spiro atoms. The summed E-state index contributed by atoms with van der Waals surface area (Å²) < 4.78 is 0. The van der Waals surface area contributed by atoms with Gasteiger partial charge < -0.3 is 15.3 Å². The van der Waals surface area contributed by atoms with Crippen LogP contribution in [0.2, 0.25) is 0 Å². The van der Waals surface area contributed by atoms with E-state index in [4.69, 9.17) is 5.11 Å². The Hall–Kier alpha value is -1.26. The molecular weight excluding hydrogens is 220 g/mol. The SMILES string of the molecule is CCC1(CNC(=O)N2CCC(C(=O)O)C2)CC1. The molecular formula is C12H20N2O3. The molecule has 0 aromatic carbocycles. The largest absolute Gasteiger partial charge is 0.481 e. The van der Waals surface area contributed by atoms with Crippen LogP contribution in [0, 0.1) is 11.3 Å². The molecule has 2 amide bonds. The van der Waals surface area contributed by atoms with Gasteiger partial charge in [-0.1, -0.05) is 6.92 Å². The van der Waals surface area contributed by atoms with Crippen molar-refractivity contribution in [2.24, 2.45) is 11.3 Å². The van der Waals surface area contributed by atoms with Crippen LogP contribution in [0.1, 0.15) is 32.6 Å². The molecule has 1 atom stereocenters. The molecule has 2 rings (SSSR count). The van der Waals surface area contributed by atoms with Gasteiger partial charge in [0.05, 0.1) is 5.92 Å². The van der Waals surface area contributed by atoms with Crippen molar-refractivity contribution in [2.75, 3.05) is 19.6 Å². The summed E-state index contributed by atoms with van der Waals surface area (Å²) in [6.07, 6.45) is 4.07. The third-order valence-corrected chi connectivity index (χ3v) is 4.15. The molecule has 17 heavy (non-hydrogen) atoms. The molecule has 96 valence electrons. The highest BCUT2D eigenvalue weighted by Crippen LogP contribution is 2.47. The lowest BCUT2D eigenvalue weighted by atomic mass is 10.0. The number of urea groups is 1. The number of carbonyl (C=O) groups is 2. The first-order valence-electron chi connectivity index (χ1n) is 6.32. The number of aliphatic carboxylic acids is 1. The standard InChI is InChI=1S/C12H20N2O3/c1-2-12(4-5-12)8-13-11(17)14-6-3-9(7-14)10(15)16/h9H,2-8H2,1H3,(H,13,17)(H,15,16). The number of hydrogen-bond acceptors (Lipinski definition) is 2. The molecule has 0 aromatic heterocycles. The molecule has 1 saturated heterocycles. The Kier molecular flexibility index (Phi) is 3.26. The van der Waals surface area contributed by atoms with Crippen molar-refractivity contribution in [1.29, 1.82) is 0 Å². The minimum atomic E-state index is -0.799. The molecule has 1 saturated carbocycles. The third kappa shape index (κ3) is 2.70. The molecule has 1 heterocycles. The van der Waals surface area contributed by atoms with E-state index in [1.807, 2.05) is 0 Å². The maximum atomic E-state index is 11.8. The first-order valence-corrected chi connectivity index (χ1v) is 6.32. The number of carboxylic acids is 1. The summed E-state index contributed by atoms with van der Waals surface area (Å²) in [5.74, 6) is -1.19. The minimum Gasteiger partial charge on any atom is -0.481 e. The summed E-state index contributed by atoms with van der Waals surface area (Å²) in [4.78, 5) is 24.2. The highest BCUT2D eigenvalue weighted by atomic mass is 16.4. The van der Waals surface area contributed by atoms with Gasteiger partial charge in [-0.2, -0.15) is 0 Å². The van der Waals surface area contributed by atoms with Crippen molar-refractivity contribution in [3.8, 4) is 0 Å². The van der Waals surface area contributed by atoms with Crippen molar-refractivity contribution in [3.63, 3.8) is 0 Å². The van der Waals surface area contributed by atoms with Gasteiger partial charge in [0, 0.05) is 19.6 Å². The van der Waals surface area contributed by atoms with Gasteiger partial charge in [0.25, 0.3) is 0 Å². The smallest absolute Gasteiger partial charge is 0.317 e. The zero-order valence-corrected chi connectivity index (χ0v) is 10.2. The quantitative estimate of drug-likeness (QED) is 0.778. The van der Waals surface area contributed by atoms with Crippen molar-refractivity contribution in [3.05, 3.63) is 0 Å². The van der Waals surface area contributed by atoms with E-state index in [1.165, 1.54) is 12.8 Å². The summed E-state index contributed by atoms with van der Waals surface area (Å²) >= 11 is 0. The number of hydrogen-bond donors (Lipinski definition) is 2. The van der Waals surface area contributed by atoms with Gasteiger partial charge in [-0.25, -0.2) is 4.79 Å². The number of likely N-dealkylation sites (tertiary alicyclic amines) is 1. The van der Waals surface area contributed by atoms with Gasteiger partial charge in [0.2, 0.25) is 0 Å². The lowest BCUT2D eigenvalue weighted by Gasteiger charge is -2.19. The fraction of sp³-hybridized carbons (Fsp3) is 0.833. The van der Waals surface area contributed by atoms with Crippen LogP contribution in [0.15, 0.2) is 0 Å². The van der Waals surface area contributed by atoms with Crippen LogP contribution in [-0.4, -0.2) is 41.6 Å². The van der Waals surface area contributed by atoms with Gasteiger partial charge in [0.1, 0.15) is 0 Å². The molecule has 0 aromatic rings. The van der Waals surface area contributed by atoms with E-state index >= 15 is 0 Å². The number of nitrogens with one attached hydrogen (secondary N) is 1. The van der Waals surface area contributed by atoms with Crippen LogP contribution in [0.4, 0.5) is 4.79 Å². The number of rotatable bonds is 4. The zero-order chi connectivity index (χ0) is 12.5. The second-order valence-electron chi connectivity index (χ2n) is 5.28. The lowest BCUT2D eigenvalue weighted by molar-refractivity contribution is -0.141. The highest BCUT2D eigenvalue weighted by molar-refractivity contribution is 5.77. The van der Waals surface area contributed by atoms with E-state index in [2.05, 4.69) is 12.2 Å². The van der Waals surface area contributed by atoms with E-state index in [0.29, 0.717) is 24.9 Å². The highest BCUT2D eigenvalue weighted by Gasteiger charge is 2.41. The van der Waals surface area contributed by atoms with Gasteiger partial charge >= 0.3 is 12.0 Å². The average Bonchev–Trinajstić information content (AvgIpc) is 2.92.